The number of hydrogen-bond donors (Lipinski definition) is 1. The number of anilines is 2. The summed E-state index contributed by atoms with van der Waals surface area (Å²) >= 11 is 0. The van der Waals surface area contributed by atoms with Gasteiger partial charge in [-0.3, -0.25) is 10.1 Å². The van der Waals surface area contributed by atoms with E-state index in [-0.39, 0.29) is 22.7 Å². The van der Waals surface area contributed by atoms with Crippen molar-refractivity contribution in [1.82, 2.24) is 0 Å². The third-order valence-electron chi connectivity index (χ3n) is 3.71. The molecule has 0 saturated heterocycles. The Morgan fingerprint density at radius 2 is 1.68 bits per heavy atom. The lowest BCUT2D eigenvalue weighted by molar-refractivity contribution is -0.385. The molecule has 7 nitrogen and oxygen atoms in total. The van der Waals surface area contributed by atoms with Crippen molar-refractivity contribution in [2.24, 2.45) is 0 Å². The van der Waals surface area contributed by atoms with Crippen LogP contribution in [-0.4, -0.2) is 26.3 Å². The van der Waals surface area contributed by atoms with E-state index >= 15 is 0 Å². The predicted octanol–water partition coefficient (Wildman–Crippen LogP) is 5.25. The Morgan fingerprint density at radius 1 is 1.07 bits per heavy atom. The number of aryl methyl sites for hydroxylation is 1. The van der Waals surface area contributed by atoms with Gasteiger partial charge in [0.1, 0.15) is 17.3 Å². The standard InChI is InChI=1S/C17H18F2N2O5.C2H6/c1-9-5-6-12(10(18)7-9)20-15-14(17(25-3)26-4)11(19)8-13(24-2)16(15)21(22)23;1-2/h5-8,17,20H,1-4H3;1-2H3. The number of nitro groups is 1. The molecule has 2 rings (SSSR count). The fourth-order valence-corrected chi connectivity index (χ4v) is 2.51. The molecule has 0 bridgehead atoms. The molecule has 0 spiro atoms. The Kier molecular flexibility index (Phi) is 8.75. The van der Waals surface area contributed by atoms with Crippen molar-refractivity contribution in [1.29, 1.82) is 0 Å². The molecule has 0 aliphatic heterocycles. The van der Waals surface area contributed by atoms with Crippen molar-refractivity contribution < 1.29 is 27.9 Å². The SMILES string of the molecule is CC.COc1cc(F)c(C(OC)OC)c(Nc2ccc(C)cc2F)c1[N+](=O)[O-]. The molecule has 28 heavy (non-hydrogen) atoms. The first-order valence-corrected chi connectivity index (χ1v) is 8.47. The second-order valence-corrected chi connectivity index (χ2v) is 5.37. The summed E-state index contributed by atoms with van der Waals surface area (Å²) in [7, 11) is 3.67. The van der Waals surface area contributed by atoms with E-state index in [1.54, 1.807) is 13.0 Å². The van der Waals surface area contributed by atoms with Crippen LogP contribution < -0.4 is 10.1 Å². The summed E-state index contributed by atoms with van der Waals surface area (Å²) in [5.74, 6) is -1.84. The summed E-state index contributed by atoms with van der Waals surface area (Å²) in [5.41, 5.74) is -0.571. The number of nitro benzene ring substituents is 1. The Balaban J connectivity index is 0.00000190. The minimum atomic E-state index is -1.25. The van der Waals surface area contributed by atoms with Crippen molar-refractivity contribution in [3.05, 3.63) is 57.1 Å². The molecular weight excluding hydrogens is 374 g/mol. The highest BCUT2D eigenvalue weighted by Crippen LogP contribution is 2.44. The second-order valence-electron chi connectivity index (χ2n) is 5.37. The molecule has 0 aromatic heterocycles. The molecule has 2 aromatic rings. The first-order valence-electron chi connectivity index (χ1n) is 8.47. The molecule has 154 valence electrons. The van der Waals surface area contributed by atoms with Crippen LogP contribution in [0.4, 0.5) is 25.8 Å². The Labute approximate surface area is 162 Å². The zero-order valence-corrected chi connectivity index (χ0v) is 16.6. The zero-order valence-electron chi connectivity index (χ0n) is 16.6. The number of benzene rings is 2. The molecule has 0 aliphatic carbocycles. The molecule has 0 unspecified atom stereocenters. The van der Waals surface area contributed by atoms with E-state index in [1.165, 1.54) is 33.5 Å². The van der Waals surface area contributed by atoms with E-state index in [4.69, 9.17) is 14.2 Å². The van der Waals surface area contributed by atoms with E-state index in [1.807, 2.05) is 13.8 Å². The van der Waals surface area contributed by atoms with E-state index in [0.29, 0.717) is 5.56 Å². The van der Waals surface area contributed by atoms with Gasteiger partial charge in [-0.1, -0.05) is 19.9 Å². The fraction of sp³-hybridized carbons (Fsp3) is 0.368. The van der Waals surface area contributed by atoms with Crippen LogP contribution in [0.2, 0.25) is 0 Å². The number of nitrogens with zero attached hydrogens (tertiary/aromatic N) is 1. The molecule has 0 atom stereocenters. The summed E-state index contributed by atoms with van der Waals surface area (Å²) in [4.78, 5) is 10.8. The van der Waals surface area contributed by atoms with Crippen LogP contribution in [-0.2, 0) is 9.47 Å². The van der Waals surface area contributed by atoms with Crippen molar-refractivity contribution in [2.75, 3.05) is 26.6 Å². The van der Waals surface area contributed by atoms with Crippen LogP contribution in [0.5, 0.6) is 5.75 Å². The van der Waals surface area contributed by atoms with Crippen LogP contribution in [0, 0.1) is 28.7 Å². The molecule has 0 radical (unpaired) electrons. The normalized spacial score (nSPS) is 10.3. The maximum absolute atomic E-state index is 14.6. The highest BCUT2D eigenvalue weighted by molar-refractivity contribution is 5.78. The van der Waals surface area contributed by atoms with Crippen LogP contribution >= 0.6 is 0 Å². The molecular formula is C19H24F2N2O5. The van der Waals surface area contributed by atoms with Gasteiger partial charge in [0.05, 0.1) is 23.3 Å². The lowest BCUT2D eigenvalue weighted by atomic mass is 10.1. The maximum atomic E-state index is 14.6. The highest BCUT2D eigenvalue weighted by Gasteiger charge is 2.32. The first-order chi connectivity index (χ1) is 13.3. The van der Waals surface area contributed by atoms with Gasteiger partial charge in [0.2, 0.25) is 5.75 Å². The quantitative estimate of drug-likeness (QED) is 0.390. The highest BCUT2D eigenvalue weighted by atomic mass is 19.1. The van der Waals surface area contributed by atoms with Gasteiger partial charge in [0, 0.05) is 20.3 Å². The number of ether oxygens (including phenoxy) is 3. The van der Waals surface area contributed by atoms with Gasteiger partial charge in [-0.2, -0.15) is 0 Å². The van der Waals surface area contributed by atoms with Gasteiger partial charge < -0.3 is 19.5 Å². The van der Waals surface area contributed by atoms with Gasteiger partial charge in [0.25, 0.3) is 0 Å². The maximum Gasteiger partial charge on any atom is 0.334 e. The Bertz CT molecular complexity index is 826. The zero-order chi connectivity index (χ0) is 21.4. The summed E-state index contributed by atoms with van der Waals surface area (Å²) < 4.78 is 43.9. The summed E-state index contributed by atoms with van der Waals surface area (Å²) in [6, 6.07) is 5.10. The van der Waals surface area contributed by atoms with Gasteiger partial charge >= 0.3 is 5.69 Å². The molecule has 0 aliphatic rings. The number of nitrogens with one attached hydrogen (secondary N) is 1. The third kappa shape index (κ3) is 4.93. The topological polar surface area (TPSA) is 82.9 Å². The van der Waals surface area contributed by atoms with E-state index in [9.17, 15) is 18.9 Å². The minimum absolute atomic E-state index is 0.0708. The second kappa shape index (κ2) is 10.5. The minimum Gasteiger partial charge on any atom is -0.490 e. The Hall–Kier alpha value is -2.78. The fourth-order valence-electron chi connectivity index (χ4n) is 2.51. The lowest BCUT2D eigenvalue weighted by Crippen LogP contribution is -2.13. The first kappa shape index (κ1) is 23.3. The molecule has 0 heterocycles. The van der Waals surface area contributed by atoms with Crippen molar-refractivity contribution in [3.8, 4) is 5.75 Å². The number of rotatable bonds is 7. The van der Waals surface area contributed by atoms with Crippen molar-refractivity contribution in [2.45, 2.75) is 27.1 Å². The van der Waals surface area contributed by atoms with Gasteiger partial charge in [-0.05, 0) is 24.6 Å². The van der Waals surface area contributed by atoms with Gasteiger partial charge in [-0.15, -0.1) is 0 Å². The molecule has 0 saturated carbocycles. The van der Waals surface area contributed by atoms with Crippen molar-refractivity contribution in [3.63, 3.8) is 0 Å². The lowest BCUT2D eigenvalue weighted by Gasteiger charge is -2.20. The van der Waals surface area contributed by atoms with Crippen LogP contribution in [0.1, 0.15) is 31.3 Å². The molecule has 0 fully saturated rings. The summed E-state index contributed by atoms with van der Waals surface area (Å²) in [6.45, 7) is 5.69. The molecule has 2 aromatic carbocycles. The third-order valence-corrected chi connectivity index (χ3v) is 3.71. The number of methoxy groups -OCH3 is 3. The summed E-state index contributed by atoms with van der Waals surface area (Å²) in [5, 5.41) is 14.2. The largest absolute Gasteiger partial charge is 0.490 e. The van der Waals surface area contributed by atoms with E-state index < -0.39 is 28.5 Å². The smallest absolute Gasteiger partial charge is 0.334 e. The summed E-state index contributed by atoms with van der Waals surface area (Å²) in [6.07, 6.45) is -1.25. The molecule has 1 N–H and O–H groups in total. The van der Waals surface area contributed by atoms with E-state index in [2.05, 4.69) is 5.32 Å². The van der Waals surface area contributed by atoms with Gasteiger partial charge in [-0.25, -0.2) is 8.78 Å². The van der Waals surface area contributed by atoms with Crippen LogP contribution in [0.25, 0.3) is 0 Å². The van der Waals surface area contributed by atoms with Crippen LogP contribution in [0.3, 0.4) is 0 Å². The van der Waals surface area contributed by atoms with Gasteiger partial charge in [0.15, 0.2) is 6.29 Å². The molecule has 9 heteroatoms. The van der Waals surface area contributed by atoms with Crippen LogP contribution in [0.15, 0.2) is 24.3 Å². The van der Waals surface area contributed by atoms with E-state index in [0.717, 1.165) is 6.07 Å². The predicted molar refractivity (Wildman–Crippen MR) is 102 cm³/mol. The average Bonchev–Trinajstić information content (AvgIpc) is 2.67. The average molecular weight is 398 g/mol. The molecule has 0 amide bonds. The number of hydrogen-bond acceptors (Lipinski definition) is 6. The van der Waals surface area contributed by atoms with Crippen molar-refractivity contribution >= 4 is 17.1 Å². The Morgan fingerprint density at radius 3 is 2.14 bits per heavy atom. The number of halogens is 2. The monoisotopic (exact) mass is 398 g/mol.